The summed E-state index contributed by atoms with van der Waals surface area (Å²) in [5.41, 5.74) is 2.91. The van der Waals surface area contributed by atoms with Gasteiger partial charge in [-0.1, -0.05) is 17.7 Å². The normalized spacial score (nSPS) is 18.5. The summed E-state index contributed by atoms with van der Waals surface area (Å²) in [6, 6.07) is 6.02. The maximum Gasteiger partial charge on any atom is 0.254 e. The number of hydrogen-bond acceptors (Lipinski definition) is 3. The van der Waals surface area contributed by atoms with E-state index < -0.39 is 0 Å². The molecule has 104 valence electrons. The summed E-state index contributed by atoms with van der Waals surface area (Å²) in [5, 5.41) is 6.78. The van der Waals surface area contributed by atoms with Gasteiger partial charge in [-0.3, -0.25) is 9.89 Å². The number of carbonyl (C=O) groups is 1. The zero-order valence-corrected chi connectivity index (χ0v) is 11.8. The first-order valence-corrected chi connectivity index (χ1v) is 6.90. The van der Waals surface area contributed by atoms with Crippen molar-refractivity contribution in [1.29, 1.82) is 0 Å². The van der Waals surface area contributed by atoms with E-state index in [1.807, 2.05) is 36.9 Å². The average molecular weight is 270 g/mol. The molecular formula is C15H18N4O. The minimum absolute atomic E-state index is 0.0184. The van der Waals surface area contributed by atoms with Crippen LogP contribution >= 0.6 is 0 Å². The average Bonchev–Trinajstić information content (AvgIpc) is 3.10. The van der Waals surface area contributed by atoms with E-state index in [0.29, 0.717) is 0 Å². The minimum atomic E-state index is 0.0184. The van der Waals surface area contributed by atoms with E-state index in [0.717, 1.165) is 41.9 Å². The molecule has 2 heterocycles. The van der Waals surface area contributed by atoms with Crippen molar-refractivity contribution in [3.05, 3.63) is 47.0 Å². The van der Waals surface area contributed by atoms with Crippen LogP contribution in [0.5, 0.6) is 0 Å². The fraction of sp³-hybridized carbons (Fsp3) is 0.400. The van der Waals surface area contributed by atoms with Crippen LogP contribution in [0, 0.1) is 13.8 Å². The van der Waals surface area contributed by atoms with Gasteiger partial charge < -0.3 is 4.90 Å². The highest BCUT2D eigenvalue weighted by Gasteiger charge is 2.32. The van der Waals surface area contributed by atoms with Crippen LogP contribution in [-0.2, 0) is 0 Å². The van der Waals surface area contributed by atoms with Crippen LogP contribution in [0.15, 0.2) is 24.5 Å². The quantitative estimate of drug-likeness (QED) is 0.911. The van der Waals surface area contributed by atoms with E-state index in [9.17, 15) is 4.79 Å². The minimum Gasteiger partial charge on any atom is -0.328 e. The summed E-state index contributed by atoms with van der Waals surface area (Å²) in [4.78, 5) is 18.9. The van der Waals surface area contributed by atoms with Gasteiger partial charge in [-0.25, -0.2) is 4.98 Å². The van der Waals surface area contributed by atoms with Crippen molar-refractivity contribution in [2.45, 2.75) is 32.7 Å². The number of nitrogens with one attached hydrogen (secondary N) is 1. The van der Waals surface area contributed by atoms with Crippen LogP contribution in [0.4, 0.5) is 0 Å². The third-order valence-electron chi connectivity index (χ3n) is 3.89. The third-order valence-corrected chi connectivity index (χ3v) is 3.89. The molecule has 1 aromatic heterocycles. The molecule has 1 aromatic carbocycles. The number of hydrogen-bond donors (Lipinski definition) is 1. The number of nitrogens with zero attached hydrogens (tertiary/aromatic N) is 3. The fourth-order valence-electron chi connectivity index (χ4n) is 2.79. The van der Waals surface area contributed by atoms with E-state index in [2.05, 4.69) is 15.2 Å². The van der Waals surface area contributed by atoms with Crippen molar-refractivity contribution in [2.24, 2.45) is 0 Å². The number of amides is 1. The summed E-state index contributed by atoms with van der Waals surface area (Å²) in [6.07, 6.45) is 3.43. The van der Waals surface area contributed by atoms with Crippen molar-refractivity contribution in [3.63, 3.8) is 0 Å². The molecule has 0 spiro atoms. The standard InChI is InChI=1S/C15H18N4O/c1-10-5-6-11(2)12(8-10)15(20)19-7-3-4-13(19)14-16-9-17-18-14/h5-6,8-9,13H,3-4,7H2,1-2H3,(H,16,17,18)/t13-/m1/s1. The second kappa shape index (κ2) is 5.07. The molecule has 20 heavy (non-hydrogen) atoms. The van der Waals surface area contributed by atoms with Gasteiger partial charge in [-0.05, 0) is 38.3 Å². The topological polar surface area (TPSA) is 61.9 Å². The van der Waals surface area contributed by atoms with Crippen LogP contribution in [0.1, 0.15) is 46.2 Å². The number of likely N-dealkylation sites (tertiary alicyclic amines) is 1. The summed E-state index contributed by atoms with van der Waals surface area (Å²) >= 11 is 0. The number of carbonyl (C=O) groups excluding carboxylic acids is 1. The predicted molar refractivity (Wildman–Crippen MR) is 75.3 cm³/mol. The summed E-state index contributed by atoms with van der Waals surface area (Å²) in [5.74, 6) is 0.867. The molecule has 1 N–H and O–H groups in total. The second-order valence-electron chi connectivity index (χ2n) is 5.35. The maximum atomic E-state index is 12.8. The SMILES string of the molecule is Cc1ccc(C)c(C(=O)N2CCC[C@@H]2c2ncn[nH]2)c1. The number of aryl methyl sites for hydroxylation is 2. The molecule has 3 rings (SSSR count). The lowest BCUT2D eigenvalue weighted by Gasteiger charge is -2.24. The Kier molecular flexibility index (Phi) is 3.26. The van der Waals surface area contributed by atoms with Gasteiger partial charge in [0.25, 0.3) is 5.91 Å². The number of benzene rings is 1. The summed E-state index contributed by atoms with van der Waals surface area (Å²) in [6.45, 7) is 4.76. The lowest BCUT2D eigenvalue weighted by atomic mass is 10.0. The molecule has 2 aromatic rings. The predicted octanol–water partition coefficient (Wildman–Crippen LogP) is 2.40. The Hall–Kier alpha value is -2.17. The van der Waals surface area contributed by atoms with Crippen molar-refractivity contribution in [2.75, 3.05) is 6.54 Å². The molecular weight excluding hydrogens is 252 g/mol. The first kappa shape index (κ1) is 12.8. The van der Waals surface area contributed by atoms with E-state index in [4.69, 9.17) is 0 Å². The number of aromatic nitrogens is 3. The van der Waals surface area contributed by atoms with Crippen LogP contribution in [0.25, 0.3) is 0 Å². The van der Waals surface area contributed by atoms with Gasteiger partial charge in [0.2, 0.25) is 0 Å². The molecule has 1 atom stereocenters. The van der Waals surface area contributed by atoms with Crippen LogP contribution in [0.3, 0.4) is 0 Å². The molecule has 0 aliphatic carbocycles. The molecule has 1 aliphatic heterocycles. The van der Waals surface area contributed by atoms with E-state index in [1.165, 1.54) is 6.33 Å². The molecule has 0 saturated carbocycles. The Balaban J connectivity index is 1.91. The van der Waals surface area contributed by atoms with Gasteiger partial charge >= 0.3 is 0 Å². The molecule has 5 nitrogen and oxygen atoms in total. The van der Waals surface area contributed by atoms with Gasteiger partial charge in [-0.15, -0.1) is 0 Å². The molecule has 1 fully saturated rings. The number of aromatic amines is 1. The first-order valence-electron chi connectivity index (χ1n) is 6.90. The van der Waals surface area contributed by atoms with Crippen LogP contribution in [0.2, 0.25) is 0 Å². The lowest BCUT2D eigenvalue weighted by molar-refractivity contribution is 0.0729. The Bertz CT molecular complexity index is 621. The van der Waals surface area contributed by atoms with Crippen molar-refractivity contribution < 1.29 is 4.79 Å². The van der Waals surface area contributed by atoms with Gasteiger partial charge in [-0.2, -0.15) is 5.10 Å². The second-order valence-corrected chi connectivity index (χ2v) is 5.35. The van der Waals surface area contributed by atoms with E-state index >= 15 is 0 Å². The smallest absolute Gasteiger partial charge is 0.254 e. The zero-order valence-electron chi connectivity index (χ0n) is 11.8. The molecule has 0 radical (unpaired) electrons. The number of rotatable bonds is 2. The van der Waals surface area contributed by atoms with Crippen molar-refractivity contribution in [1.82, 2.24) is 20.1 Å². The molecule has 0 unspecified atom stereocenters. The van der Waals surface area contributed by atoms with Crippen LogP contribution < -0.4 is 0 Å². The first-order chi connectivity index (χ1) is 9.66. The number of H-pyrrole nitrogens is 1. The van der Waals surface area contributed by atoms with Crippen molar-refractivity contribution in [3.8, 4) is 0 Å². The lowest BCUT2D eigenvalue weighted by Crippen LogP contribution is -2.31. The fourth-order valence-corrected chi connectivity index (χ4v) is 2.79. The largest absolute Gasteiger partial charge is 0.328 e. The molecule has 1 aliphatic rings. The highest BCUT2D eigenvalue weighted by Crippen LogP contribution is 2.31. The van der Waals surface area contributed by atoms with Crippen LogP contribution in [-0.4, -0.2) is 32.5 Å². The van der Waals surface area contributed by atoms with E-state index in [-0.39, 0.29) is 11.9 Å². The molecule has 0 bridgehead atoms. The molecule has 5 heteroatoms. The van der Waals surface area contributed by atoms with Gasteiger partial charge in [0.15, 0.2) is 0 Å². The Morgan fingerprint density at radius 3 is 3.00 bits per heavy atom. The van der Waals surface area contributed by atoms with Gasteiger partial charge in [0.1, 0.15) is 12.2 Å². The highest BCUT2D eigenvalue weighted by atomic mass is 16.2. The van der Waals surface area contributed by atoms with Gasteiger partial charge in [0, 0.05) is 12.1 Å². The molecule has 1 saturated heterocycles. The highest BCUT2D eigenvalue weighted by molar-refractivity contribution is 5.96. The summed E-state index contributed by atoms with van der Waals surface area (Å²) in [7, 11) is 0. The summed E-state index contributed by atoms with van der Waals surface area (Å²) < 4.78 is 0. The van der Waals surface area contributed by atoms with E-state index in [1.54, 1.807) is 0 Å². The Morgan fingerprint density at radius 1 is 1.40 bits per heavy atom. The Labute approximate surface area is 118 Å². The van der Waals surface area contributed by atoms with Gasteiger partial charge in [0.05, 0.1) is 6.04 Å². The Morgan fingerprint density at radius 2 is 2.25 bits per heavy atom. The maximum absolute atomic E-state index is 12.8. The third kappa shape index (κ3) is 2.19. The zero-order chi connectivity index (χ0) is 14.1. The van der Waals surface area contributed by atoms with Crippen molar-refractivity contribution >= 4 is 5.91 Å². The molecule has 1 amide bonds. The monoisotopic (exact) mass is 270 g/mol.